The zero-order valence-corrected chi connectivity index (χ0v) is 17.2. The second-order valence-electron chi connectivity index (χ2n) is 8.79. The van der Waals surface area contributed by atoms with Gasteiger partial charge in [-0.25, -0.2) is 9.59 Å². The van der Waals surface area contributed by atoms with Crippen molar-refractivity contribution in [2.75, 3.05) is 18.4 Å². The number of hydrogen-bond acceptors (Lipinski definition) is 2. The SMILES string of the molecule is CC(C)(C)c1ccc(NC(=O)N2CCC(n3c(=O)[nH]c4ccccc43)CC2)cc1. The molecule has 0 bridgehead atoms. The Kier molecular flexibility index (Phi) is 4.94. The van der Waals surface area contributed by atoms with Crippen LogP contribution in [0.4, 0.5) is 10.5 Å². The number of rotatable bonds is 2. The smallest absolute Gasteiger partial charge is 0.324 e. The van der Waals surface area contributed by atoms with Gasteiger partial charge in [-0.1, -0.05) is 45.0 Å². The molecule has 2 N–H and O–H groups in total. The Bertz CT molecular complexity index is 1060. The summed E-state index contributed by atoms with van der Waals surface area (Å²) >= 11 is 0. The first kappa shape index (κ1) is 19.3. The van der Waals surface area contributed by atoms with Gasteiger partial charge in [0.2, 0.25) is 0 Å². The molecule has 29 heavy (non-hydrogen) atoms. The van der Waals surface area contributed by atoms with Crippen LogP contribution in [0.25, 0.3) is 11.0 Å². The van der Waals surface area contributed by atoms with Crippen molar-refractivity contribution in [3.05, 3.63) is 64.6 Å². The van der Waals surface area contributed by atoms with Crippen molar-refractivity contribution in [3.63, 3.8) is 0 Å². The fourth-order valence-electron chi connectivity index (χ4n) is 4.02. The van der Waals surface area contributed by atoms with Crippen molar-refractivity contribution < 1.29 is 4.79 Å². The maximum absolute atomic E-state index is 12.7. The molecule has 0 radical (unpaired) electrons. The molecule has 6 nitrogen and oxygen atoms in total. The predicted octanol–water partition coefficient (Wildman–Crippen LogP) is 4.50. The highest BCUT2D eigenvalue weighted by Crippen LogP contribution is 2.26. The van der Waals surface area contributed by atoms with Crippen molar-refractivity contribution in [2.24, 2.45) is 0 Å². The van der Waals surface area contributed by atoms with E-state index >= 15 is 0 Å². The third kappa shape index (κ3) is 3.92. The van der Waals surface area contributed by atoms with Crippen LogP contribution < -0.4 is 11.0 Å². The lowest BCUT2D eigenvalue weighted by molar-refractivity contribution is 0.184. The van der Waals surface area contributed by atoms with Gasteiger partial charge in [0.1, 0.15) is 0 Å². The van der Waals surface area contributed by atoms with Crippen LogP contribution in [0.15, 0.2) is 53.3 Å². The molecule has 0 spiro atoms. The Labute approximate surface area is 170 Å². The molecule has 0 atom stereocenters. The summed E-state index contributed by atoms with van der Waals surface area (Å²) in [6.45, 7) is 7.77. The number of nitrogens with zero attached hydrogens (tertiary/aromatic N) is 2. The van der Waals surface area contributed by atoms with Crippen molar-refractivity contribution in [1.82, 2.24) is 14.5 Å². The Morgan fingerprint density at radius 3 is 2.34 bits per heavy atom. The highest BCUT2D eigenvalue weighted by atomic mass is 16.2. The molecule has 0 aliphatic carbocycles. The molecule has 2 heterocycles. The normalized spacial score (nSPS) is 15.6. The van der Waals surface area contributed by atoms with Gasteiger partial charge in [0.05, 0.1) is 11.0 Å². The maximum atomic E-state index is 12.7. The Balaban J connectivity index is 1.40. The first-order valence-electron chi connectivity index (χ1n) is 10.2. The number of nitrogens with one attached hydrogen (secondary N) is 2. The summed E-state index contributed by atoms with van der Waals surface area (Å²) in [6.07, 6.45) is 1.52. The van der Waals surface area contributed by atoms with Crippen LogP contribution in [0.3, 0.4) is 0 Å². The summed E-state index contributed by atoms with van der Waals surface area (Å²) in [5, 5.41) is 2.99. The van der Waals surface area contributed by atoms with E-state index in [9.17, 15) is 9.59 Å². The summed E-state index contributed by atoms with van der Waals surface area (Å²) in [6, 6.07) is 15.8. The van der Waals surface area contributed by atoms with Crippen LogP contribution in [0.1, 0.15) is 45.2 Å². The topological polar surface area (TPSA) is 70.1 Å². The molecule has 3 aromatic rings. The number of carbonyl (C=O) groups excluding carboxylic acids is 1. The number of para-hydroxylation sites is 2. The van der Waals surface area contributed by atoms with Gasteiger partial charge in [0.15, 0.2) is 0 Å². The lowest BCUT2D eigenvalue weighted by Gasteiger charge is -2.32. The monoisotopic (exact) mass is 392 g/mol. The summed E-state index contributed by atoms with van der Waals surface area (Å²) in [7, 11) is 0. The number of piperidine rings is 1. The van der Waals surface area contributed by atoms with E-state index in [0.717, 1.165) is 29.6 Å². The third-order valence-corrected chi connectivity index (χ3v) is 5.74. The molecule has 0 unspecified atom stereocenters. The first-order chi connectivity index (χ1) is 13.8. The average Bonchev–Trinajstić information content (AvgIpc) is 3.03. The molecule has 0 saturated carbocycles. The van der Waals surface area contributed by atoms with Crippen molar-refractivity contribution >= 4 is 22.8 Å². The van der Waals surface area contributed by atoms with Crippen molar-refractivity contribution in [1.29, 1.82) is 0 Å². The standard InChI is InChI=1S/C23H28N4O2/c1-23(2,3)16-8-10-17(11-9-16)24-21(28)26-14-12-18(13-15-26)27-20-7-5-4-6-19(20)25-22(27)29/h4-11,18H,12-15H2,1-3H3,(H,24,28)(H,25,29). The molecule has 2 aromatic carbocycles. The lowest BCUT2D eigenvalue weighted by Crippen LogP contribution is -2.42. The number of hydrogen-bond donors (Lipinski definition) is 2. The van der Waals surface area contributed by atoms with Crippen molar-refractivity contribution in [2.45, 2.75) is 45.1 Å². The van der Waals surface area contributed by atoms with Gasteiger partial charge in [-0.15, -0.1) is 0 Å². The van der Waals surface area contributed by atoms with E-state index in [-0.39, 0.29) is 23.2 Å². The molecule has 4 rings (SSSR count). The van der Waals surface area contributed by atoms with E-state index < -0.39 is 0 Å². The number of fused-ring (bicyclic) bond motifs is 1. The molecule has 1 aliphatic heterocycles. The van der Waals surface area contributed by atoms with E-state index in [1.54, 1.807) is 0 Å². The number of anilines is 1. The summed E-state index contributed by atoms with van der Waals surface area (Å²) in [5.41, 5.74) is 3.84. The number of aromatic amines is 1. The van der Waals surface area contributed by atoms with Gasteiger partial charge in [-0.05, 0) is 48.1 Å². The quantitative estimate of drug-likeness (QED) is 0.674. The molecular weight excluding hydrogens is 364 g/mol. The molecule has 2 amide bonds. The molecular formula is C23H28N4O2. The Hall–Kier alpha value is -3.02. The van der Waals surface area contributed by atoms with E-state index in [1.165, 1.54) is 5.56 Å². The number of urea groups is 1. The van der Waals surface area contributed by atoms with Crippen LogP contribution in [0.5, 0.6) is 0 Å². The summed E-state index contributed by atoms with van der Waals surface area (Å²) < 4.78 is 1.84. The van der Waals surface area contributed by atoms with E-state index in [2.05, 4.69) is 43.2 Å². The Morgan fingerprint density at radius 2 is 1.69 bits per heavy atom. The number of amides is 2. The third-order valence-electron chi connectivity index (χ3n) is 5.74. The summed E-state index contributed by atoms with van der Waals surface area (Å²) in [4.78, 5) is 29.8. The van der Waals surface area contributed by atoms with Crippen LogP contribution in [-0.4, -0.2) is 33.6 Å². The molecule has 1 aromatic heterocycles. The first-order valence-corrected chi connectivity index (χ1v) is 10.2. The zero-order valence-electron chi connectivity index (χ0n) is 17.2. The van der Waals surface area contributed by atoms with Gasteiger partial charge >= 0.3 is 11.7 Å². The average molecular weight is 393 g/mol. The van der Waals surface area contributed by atoms with Gasteiger partial charge < -0.3 is 15.2 Å². The van der Waals surface area contributed by atoms with Crippen LogP contribution in [-0.2, 0) is 5.41 Å². The van der Waals surface area contributed by atoms with Crippen LogP contribution >= 0.6 is 0 Å². The molecule has 1 saturated heterocycles. The van der Waals surface area contributed by atoms with E-state index in [1.807, 2.05) is 45.9 Å². The minimum Gasteiger partial charge on any atom is -0.324 e. The predicted molar refractivity (Wildman–Crippen MR) is 117 cm³/mol. The number of H-pyrrole nitrogens is 1. The fourth-order valence-corrected chi connectivity index (χ4v) is 4.02. The minimum atomic E-state index is -0.0850. The number of carbonyl (C=O) groups is 1. The molecule has 152 valence electrons. The minimum absolute atomic E-state index is 0.0759. The summed E-state index contributed by atoms with van der Waals surface area (Å²) in [5.74, 6) is 0. The zero-order chi connectivity index (χ0) is 20.6. The number of likely N-dealkylation sites (tertiary alicyclic amines) is 1. The largest absolute Gasteiger partial charge is 0.326 e. The fraction of sp³-hybridized carbons (Fsp3) is 0.391. The Morgan fingerprint density at radius 1 is 1.03 bits per heavy atom. The van der Waals surface area contributed by atoms with E-state index in [4.69, 9.17) is 0 Å². The number of aromatic nitrogens is 2. The highest BCUT2D eigenvalue weighted by molar-refractivity contribution is 5.89. The van der Waals surface area contributed by atoms with Gasteiger partial charge in [-0.2, -0.15) is 0 Å². The van der Waals surface area contributed by atoms with Gasteiger partial charge in [0, 0.05) is 24.8 Å². The van der Waals surface area contributed by atoms with Crippen LogP contribution in [0.2, 0.25) is 0 Å². The highest BCUT2D eigenvalue weighted by Gasteiger charge is 2.26. The van der Waals surface area contributed by atoms with E-state index in [0.29, 0.717) is 13.1 Å². The second-order valence-corrected chi connectivity index (χ2v) is 8.79. The lowest BCUT2D eigenvalue weighted by atomic mass is 9.87. The number of imidazole rings is 1. The van der Waals surface area contributed by atoms with Crippen LogP contribution in [0, 0.1) is 0 Å². The van der Waals surface area contributed by atoms with Gasteiger partial charge in [0.25, 0.3) is 0 Å². The maximum Gasteiger partial charge on any atom is 0.326 e. The second kappa shape index (κ2) is 7.43. The number of benzene rings is 2. The molecule has 6 heteroatoms. The van der Waals surface area contributed by atoms with Crippen molar-refractivity contribution in [3.8, 4) is 0 Å². The van der Waals surface area contributed by atoms with Gasteiger partial charge in [-0.3, -0.25) is 4.57 Å². The molecule has 1 aliphatic rings. The molecule has 1 fully saturated rings.